The number of hydrogen-bond donors (Lipinski definition) is 0. The van der Waals surface area contributed by atoms with Gasteiger partial charge in [-0.25, -0.2) is 0 Å². The van der Waals surface area contributed by atoms with Gasteiger partial charge in [-0.05, 0) is 46.7 Å². The molecule has 0 bridgehead atoms. The fourth-order valence-electron chi connectivity index (χ4n) is 3.46. The second-order valence-electron chi connectivity index (χ2n) is 6.44. The standard InChI is InChI=1S/C16H33N3O/c1-4-20-14-13-17-9-11-19(12-10-17)16-5-7-18(8-6-16)15(2)3/h15-16H,4-14H2,1-3H3. The first-order valence-corrected chi connectivity index (χ1v) is 8.49. The van der Waals surface area contributed by atoms with Gasteiger partial charge in [0.15, 0.2) is 0 Å². The van der Waals surface area contributed by atoms with Crippen LogP contribution in [0.25, 0.3) is 0 Å². The summed E-state index contributed by atoms with van der Waals surface area (Å²) >= 11 is 0. The summed E-state index contributed by atoms with van der Waals surface area (Å²) in [5.74, 6) is 0. The predicted molar refractivity (Wildman–Crippen MR) is 84.2 cm³/mol. The fraction of sp³-hybridized carbons (Fsp3) is 1.00. The van der Waals surface area contributed by atoms with Crippen LogP contribution in [0.4, 0.5) is 0 Å². The average Bonchev–Trinajstić information content (AvgIpc) is 2.48. The van der Waals surface area contributed by atoms with Crippen LogP contribution in [0.3, 0.4) is 0 Å². The lowest BCUT2D eigenvalue weighted by atomic mass is 10.0. The lowest BCUT2D eigenvalue weighted by Gasteiger charge is -2.43. The molecule has 0 unspecified atom stereocenters. The molecule has 0 aliphatic carbocycles. The Bertz CT molecular complexity index is 256. The maximum atomic E-state index is 5.45. The van der Waals surface area contributed by atoms with E-state index in [1.54, 1.807) is 0 Å². The van der Waals surface area contributed by atoms with Crippen molar-refractivity contribution >= 4 is 0 Å². The van der Waals surface area contributed by atoms with E-state index < -0.39 is 0 Å². The third-order valence-corrected chi connectivity index (χ3v) is 4.91. The van der Waals surface area contributed by atoms with Crippen molar-refractivity contribution in [2.45, 2.75) is 45.7 Å². The maximum Gasteiger partial charge on any atom is 0.0593 e. The highest BCUT2D eigenvalue weighted by Gasteiger charge is 2.27. The van der Waals surface area contributed by atoms with Gasteiger partial charge in [-0.3, -0.25) is 9.80 Å². The molecular weight excluding hydrogens is 250 g/mol. The molecular formula is C16H33N3O. The third kappa shape index (κ3) is 4.69. The maximum absolute atomic E-state index is 5.45. The molecule has 0 atom stereocenters. The van der Waals surface area contributed by atoms with Crippen molar-refractivity contribution in [2.75, 3.05) is 59.0 Å². The second kappa shape index (κ2) is 8.32. The molecule has 2 rings (SSSR count). The highest BCUT2D eigenvalue weighted by Crippen LogP contribution is 2.19. The van der Waals surface area contributed by atoms with Gasteiger partial charge in [0.25, 0.3) is 0 Å². The number of piperidine rings is 1. The molecule has 0 aromatic heterocycles. The van der Waals surface area contributed by atoms with Crippen LogP contribution >= 0.6 is 0 Å². The molecule has 2 fully saturated rings. The number of likely N-dealkylation sites (tertiary alicyclic amines) is 1. The van der Waals surface area contributed by atoms with E-state index in [-0.39, 0.29) is 0 Å². The van der Waals surface area contributed by atoms with Crippen molar-refractivity contribution in [2.24, 2.45) is 0 Å². The molecule has 0 spiro atoms. The van der Waals surface area contributed by atoms with E-state index in [0.29, 0.717) is 6.04 Å². The Kier molecular flexibility index (Phi) is 6.75. The molecule has 2 heterocycles. The first kappa shape index (κ1) is 16.2. The molecule has 0 radical (unpaired) electrons. The van der Waals surface area contributed by atoms with Crippen molar-refractivity contribution in [3.05, 3.63) is 0 Å². The minimum atomic E-state index is 0.714. The zero-order valence-electron chi connectivity index (χ0n) is 13.7. The number of nitrogens with zero attached hydrogens (tertiary/aromatic N) is 3. The van der Waals surface area contributed by atoms with E-state index in [0.717, 1.165) is 25.8 Å². The number of ether oxygens (including phenoxy) is 1. The summed E-state index contributed by atoms with van der Waals surface area (Å²) in [7, 11) is 0. The zero-order chi connectivity index (χ0) is 14.4. The van der Waals surface area contributed by atoms with Gasteiger partial charge in [0.05, 0.1) is 6.61 Å². The van der Waals surface area contributed by atoms with Gasteiger partial charge in [0.2, 0.25) is 0 Å². The summed E-state index contributed by atoms with van der Waals surface area (Å²) < 4.78 is 5.45. The Labute approximate surface area is 125 Å². The average molecular weight is 283 g/mol. The van der Waals surface area contributed by atoms with Crippen molar-refractivity contribution in [1.82, 2.24) is 14.7 Å². The van der Waals surface area contributed by atoms with Gasteiger partial charge in [-0.15, -0.1) is 0 Å². The van der Waals surface area contributed by atoms with Gasteiger partial charge >= 0.3 is 0 Å². The molecule has 4 heteroatoms. The minimum absolute atomic E-state index is 0.714. The van der Waals surface area contributed by atoms with Gasteiger partial charge in [-0.2, -0.15) is 0 Å². The Morgan fingerprint density at radius 3 is 2.20 bits per heavy atom. The number of rotatable bonds is 6. The van der Waals surface area contributed by atoms with Crippen molar-refractivity contribution in [3.63, 3.8) is 0 Å². The highest BCUT2D eigenvalue weighted by atomic mass is 16.5. The Balaban J connectivity index is 1.64. The second-order valence-corrected chi connectivity index (χ2v) is 6.44. The van der Waals surface area contributed by atoms with Gasteiger partial charge in [-0.1, -0.05) is 0 Å². The van der Waals surface area contributed by atoms with E-state index >= 15 is 0 Å². The number of piperazine rings is 1. The summed E-state index contributed by atoms with van der Waals surface area (Å²) in [6, 6.07) is 1.55. The Morgan fingerprint density at radius 2 is 1.65 bits per heavy atom. The summed E-state index contributed by atoms with van der Waals surface area (Å²) in [6.45, 7) is 17.0. The summed E-state index contributed by atoms with van der Waals surface area (Å²) in [6.07, 6.45) is 2.72. The van der Waals surface area contributed by atoms with Gasteiger partial charge in [0, 0.05) is 51.4 Å². The lowest BCUT2D eigenvalue weighted by molar-refractivity contribution is 0.0391. The van der Waals surface area contributed by atoms with Crippen LogP contribution in [0.15, 0.2) is 0 Å². The van der Waals surface area contributed by atoms with Crippen LogP contribution in [0.2, 0.25) is 0 Å². The molecule has 0 saturated carbocycles. The monoisotopic (exact) mass is 283 g/mol. The normalized spacial score (nSPS) is 24.6. The Hall–Kier alpha value is -0.160. The van der Waals surface area contributed by atoms with Crippen LogP contribution < -0.4 is 0 Å². The predicted octanol–water partition coefficient (Wildman–Crippen LogP) is 1.51. The summed E-state index contributed by atoms with van der Waals surface area (Å²) in [5, 5.41) is 0. The van der Waals surface area contributed by atoms with Crippen LogP contribution in [0.1, 0.15) is 33.6 Å². The molecule has 20 heavy (non-hydrogen) atoms. The summed E-state index contributed by atoms with van der Waals surface area (Å²) in [5.41, 5.74) is 0. The van der Waals surface area contributed by atoms with Crippen LogP contribution in [-0.4, -0.2) is 85.8 Å². The molecule has 2 saturated heterocycles. The molecule has 4 nitrogen and oxygen atoms in total. The first-order chi connectivity index (χ1) is 9.70. The smallest absolute Gasteiger partial charge is 0.0593 e. The van der Waals surface area contributed by atoms with Crippen LogP contribution in [0, 0.1) is 0 Å². The van der Waals surface area contributed by atoms with Crippen LogP contribution in [-0.2, 0) is 4.74 Å². The van der Waals surface area contributed by atoms with Gasteiger partial charge in [0.1, 0.15) is 0 Å². The van der Waals surface area contributed by atoms with E-state index in [1.165, 1.54) is 52.1 Å². The Morgan fingerprint density at radius 1 is 1.00 bits per heavy atom. The topological polar surface area (TPSA) is 19.0 Å². The van der Waals surface area contributed by atoms with Crippen molar-refractivity contribution in [1.29, 1.82) is 0 Å². The molecule has 0 aromatic carbocycles. The van der Waals surface area contributed by atoms with E-state index in [2.05, 4.69) is 35.5 Å². The van der Waals surface area contributed by atoms with E-state index in [9.17, 15) is 0 Å². The van der Waals surface area contributed by atoms with Crippen LogP contribution in [0.5, 0.6) is 0 Å². The molecule has 2 aliphatic heterocycles. The van der Waals surface area contributed by atoms with Crippen molar-refractivity contribution in [3.8, 4) is 0 Å². The zero-order valence-corrected chi connectivity index (χ0v) is 13.7. The minimum Gasteiger partial charge on any atom is -0.380 e. The van der Waals surface area contributed by atoms with E-state index in [4.69, 9.17) is 4.74 Å². The molecule has 2 aliphatic rings. The quantitative estimate of drug-likeness (QED) is 0.688. The molecule has 0 N–H and O–H groups in total. The fourth-order valence-corrected chi connectivity index (χ4v) is 3.46. The highest BCUT2D eigenvalue weighted by molar-refractivity contribution is 4.84. The number of hydrogen-bond acceptors (Lipinski definition) is 4. The van der Waals surface area contributed by atoms with Gasteiger partial charge < -0.3 is 9.64 Å². The molecule has 0 aromatic rings. The summed E-state index contributed by atoms with van der Waals surface area (Å²) in [4.78, 5) is 7.90. The largest absolute Gasteiger partial charge is 0.380 e. The third-order valence-electron chi connectivity index (χ3n) is 4.91. The SMILES string of the molecule is CCOCCN1CCN(C2CCN(C(C)C)CC2)CC1. The van der Waals surface area contributed by atoms with Crippen molar-refractivity contribution < 1.29 is 4.74 Å². The lowest BCUT2D eigenvalue weighted by Crippen LogP contribution is -2.54. The first-order valence-electron chi connectivity index (χ1n) is 8.49. The van der Waals surface area contributed by atoms with E-state index in [1.807, 2.05) is 0 Å². The molecule has 118 valence electrons. The molecule has 0 amide bonds.